The number of nitrogens with zero attached hydrogens (tertiary/aromatic N) is 1. The Morgan fingerprint density at radius 1 is 1.13 bits per heavy atom. The zero-order chi connectivity index (χ0) is 15.8. The second-order valence-corrected chi connectivity index (χ2v) is 5.62. The van der Waals surface area contributed by atoms with E-state index in [0.717, 1.165) is 28.0 Å². The molecule has 1 amide bonds. The number of amides is 1. The van der Waals surface area contributed by atoms with Gasteiger partial charge in [0.1, 0.15) is 5.69 Å². The molecule has 5 nitrogen and oxygen atoms in total. The van der Waals surface area contributed by atoms with Gasteiger partial charge in [0, 0.05) is 24.5 Å². The van der Waals surface area contributed by atoms with Crippen molar-refractivity contribution in [2.75, 3.05) is 13.8 Å². The molecule has 116 valence electrons. The van der Waals surface area contributed by atoms with Gasteiger partial charge in [0.15, 0.2) is 11.5 Å². The van der Waals surface area contributed by atoms with Crippen molar-refractivity contribution in [1.29, 1.82) is 0 Å². The first-order chi connectivity index (χ1) is 11.2. The number of aromatic nitrogens is 1. The molecule has 3 aromatic rings. The molecule has 2 heterocycles. The van der Waals surface area contributed by atoms with Gasteiger partial charge in [-0.2, -0.15) is 0 Å². The normalized spacial score (nSPS) is 12.6. The van der Waals surface area contributed by atoms with E-state index in [1.54, 1.807) is 11.9 Å². The molecule has 2 aromatic carbocycles. The van der Waals surface area contributed by atoms with E-state index in [1.807, 2.05) is 48.5 Å². The second kappa shape index (κ2) is 5.35. The number of fused-ring (bicyclic) bond motifs is 2. The molecular formula is C18H16N2O3. The molecule has 0 atom stereocenters. The van der Waals surface area contributed by atoms with E-state index < -0.39 is 0 Å². The largest absolute Gasteiger partial charge is 0.454 e. The Hall–Kier alpha value is -2.95. The number of H-pyrrole nitrogens is 1. The number of nitrogens with one attached hydrogen (secondary N) is 1. The maximum Gasteiger partial charge on any atom is 0.270 e. The lowest BCUT2D eigenvalue weighted by Crippen LogP contribution is -2.26. The number of carbonyl (C=O) groups excluding carboxylic acids is 1. The van der Waals surface area contributed by atoms with Crippen molar-refractivity contribution < 1.29 is 14.3 Å². The Labute approximate surface area is 133 Å². The quantitative estimate of drug-likeness (QED) is 0.808. The smallest absolute Gasteiger partial charge is 0.270 e. The number of rotatable bonds is 3. The summed E-state index contributed by atoms with van der Waals surface area (Å²) in [6, 6.07) is 15.5. The minimum absolute atomic E-state index is 0.0427. The van der Waals surface area contributed by atoms with Gasteiger partial charge in [-0.15, -0.1) is 0 Å². The van der Waals surface area contributed by atoms with Crippen LogP contribution in [0.5, 0.6) is 11.5 Å². The zero-order valence-corrected chi connectivity index (χ0v) is 12.7. The highest BCUT2D eigenvalue weighted by molar-refractivity contribution is 5.97. The van der Waals surface area contributed by atoms with Crippen LogP contribution in [0, 0.1) is 0 Å². The van der Waals surface area contributed by atoms with E-state index in [4.69, 9.17) is 9.47 Å². The van der Waals surface area contributed by atoms with Crippen LogP contribution in [0.3, 0.4) is 0 Å². The molecular weight excluding hydrogens is 292 g/mol. The topological polar surface area (TPSA) is 54.6 Å². The molecule has 0 radical (unpaired) electrons. The van der Waals surface area contributed by atoms with Gasteiger partial charge >= 0.3 is 0 Å². The summed E-state index contributed by atoms with van der Waals surface area (Å²) >= 11 is 0. The molecule has 0 saturated heterocycles. The van der Waals surface area contributed by atoms with E-state index in [2.05, 4.69) is 4.98 Å². The predicted octanol–water partition coefficient (Wildman–Crippen LogP) is 3.17. The summed E-state index contributed by atoms with van der Waals surface area (Å²) < 4.78 is 10.7. The number of carbonyl (C=O) groups is 1. The van der Waals surface area contributed by atoms with E-state index in [0.29, 0.717) is 12.2 Å². The Morgan fingerprint density at radius 2 is 1.96 bits per heavy atom. The van der Waals surface area contributed by atoms with Crippen LogP contribution in [-0.2, 0) is 6.54 Å². The van der Waals surface area contributed by atoms with E-state index >= 15 is 0 Å². The predicted molar refractivity (Wildman–Crippen MR) is 86.7 cm³/mol. The third-order valence-electron chi connectivity index (χ3n) is 3.96. The fraction of sp³-hybridized carbons (Fsp3) is 0.167. The minimum atomic E-state index is -0.0427. The summed E-state index contributed by atoms with van der Waals surface area (Å²) in [4.78, 5) is 17.4. The summed E-state index contributed by atoms with van der Waals surface area (Å²) in [5.74, 6) is 1.44. The fourth-order valence-electron chi connectivity index (χ4n) is 2.78. The highest BCUT2D eigenvalue weighted by atomic mass is 16.7. The first-order valence-electron chi connectivity index (χ1n) is 7.42. The lowest BCUT2D eigenvalue weighted by Gasteiger charge is -2.16. The first kappa shape index (κ1) is 13.7. The standard InChI is InChI=1S/C18H16N2O3/c1-20(10-12-6-7-16-17(8-12)23-11-22-16)18(21)15-9-13-4-2-3-5-14(13)19-15/h2-9,19H,10-11H2,1H3. The number of ether oxygens (including phenoxy) is 2. The molecule has 0 fully saturated rings. The molecule has 0 bridgehead atoms. The van der Waals surface area contributed by atoms with Gasteiger partial charge in [-0.25, -0.2) is 0 Å². The van der Waals surface area contributed by atoms with Gasteiger partial charge in [0.25, 0.3) is 5.91 Å². The van der Waals surface area contributed by atoms with Crippen molar-refractivity contribution in [3.8, 4) is 11.5 Å². The van der Waals surface area contributed by atoms with Crippen molar-refractivity contribution in [3.05, 3.63) is 59.8 Å². The SMILES string of the molecule is CN(Cc1ccc2c(c1)OCO2)C(=O)c1cc2ccccc2[nH]1. The molecule has 1 aromatic heterocycles. The van der Waals surface area contributed by atoms with Crippen LogP contribution >= 0.6 is 0 Å². The molecule has 5 heteroatoms. The molecule has 0 unspecified atom stereocenters. The van der Waals surface area contributed by atoms with Crippen LogP contribution in [0.4, 0.5) is 0 Å². The highest BCUT2D eigenvalue weighted by Crippen LogP contribution is 2.32. The summed E-state index contributed by atoms with van der Waals surface area (Å²) in [6.45, 7) is 0.757. The molecule has 0 aliphatic carbocycles. The van der Waals surface area contributed by atoms with Crippen LogP contribution < -0.4 is 9.47 Å². The summed E-state index contributed by atoms with van der Waals surface area (Å²) in [5.41, 5.74) is 2.56. The van der Waals surface area contributed by atoms with Crippen molar-refractivity contribution in [2.45, 2.75) is 6.54 Å². The fourth-order valence-corrected chi connectivity index (χ4v) is 2.78. The van der Waals surface area contributed by atoms with Gasteiger partial charge < -0.3 is 19.4 Å². The van der Waals surface area contributed by atoms with E-state index in [1.165, 1.54) is 0 Å². The number of hydrogen-bond donors (Lipinski definition) is 1. The molecule has 0 saturated carbocycles. The van der Waals surface area contributed by atoms with Crippen LogP contribution in [0.2, 0.25) is 0 Å². The third kappa shape index (κ3) is 2.50. The van der Waals surface area contributed by atoms with Crippen molar-refractivity contribution in [1.82, 2.24) is 9.88 Å². The van der Waals surface area contributed by atoms with Crippen LogP contribution in [0.25, 0.3) is 10.9 Å². The molecule has 4 rings (SSSR count). The van der Waals surface area contributed by atoms with E-state index in [-0.39, 0.29) is 12.7 Å². The lowest BCUT2D eigenvalue weighted by molar-refractivity contribution is 0.0780. The number of benzene rings is 2. The maximum absolute atomic E-state index is 12.6. The summed E-state index contributed by atoms with van der Waals surface area (Å²) in [5, 5.41) is 1.03. The molecule has 1 aliphatic rings. The number of para-hydroxylation sites is 1. The van der Waals surface area contributed by atoms with Gasteiger partial charge in [0.05, 0.1) is 0 Å². The van der Waals surface area contributed by atoms with Crippen molar-refractivity contribution in [2.24, 2.45) is 0 Å². The second-order valence-electron chi connectivity index (χ2n) is 5.62. The molecule has 0 spiro atoms. The average molecular weight is 308 g/mol. The minimum Gasteiger partial charge on any atom is -0.454 e. The lowest BCUT2D eigenvalue weighted by atomic mass is 10.2. The summed E-state index contributed by atoms with van der Waals surface area (Å²) in [6.07, 6.45) is 0. The Kier molecular flexibility index (Phi) is 3.19. The number of hydrogen-bond acceptors (Lipinski definition) is 3. The van der Waals surface area contributed by atoms with E-state index in [9.17, 15) is 4.79 Å². The Morgan fingerprint density at radius 3 is 2.83 bits per heavy atom. The zero-order valence-electron chi connectivity index (χ0n) is 12.7. The molecule has 1 aliphatic heterocycles. The molecule has 1 N–H and O–H groups in total. The van der Waals surface area contributed by atoms with Gasteiger partial charge in [-0.3, -0.25) is 4.79 Å². The van der Waals surface area contributed by atoms with Gasteiger partial charge in [0.2, 0.25) is 6.79 Å². The van der Waals surface area contributed by atoms with Crippen molar-refractivity contribution in [3.63, 3.8) is 0 Å². The maximum atomic E-state index is 12.6. The first-order valence-corrected chi connectivity index (χ1v) is 7.42. The Balaban J connectivity index is 1.54. The average Bonchev–Trinajstić information content (AvgIpc) is 3.19. The van der Waals surface area contributed by atoms with Crippen molar-refractivity contribution >= 4 is 16.8 Å². The monoisotopic (exact) mass is 308 g/mol. The van der Waals surface area contributed by atoms with Gasteiger partial charge in [-0.1, -0.05) is 24.3 Å². The molecule has 23 heavy (non-hydrogen) atoms. The van der Waals surface area contributed by atoms with Crippen LogP contribution in [0.1, 0.15) is 16.1 Å². The van der Waals surface area contributed by atoms with Crippen LogP contribution in [-0.4, -0.2) is 29.6 Å². The summed E-state index contributed by atoms with van der Waals surface area (Å²) in [7, 11) is 1.79. The Bertz CT molecular complexity index is 852. The van der Waals surface area contributed by atoms with Crippen LogP contribution in [0.15, 0.2) is 48.5 Å². The number of aromatic amines is 1. The third-order valence-corrected chi connectivity index (χ3v) is 3.96. The highest BCUT2D eigenvalue weighted by Gasteiger charge is 2.17. The van der Waals surface area contributed by atoms with Gasteiger partial charge in [-0.05, 0) is 29.8 Å².